The first-order valence-electron chi connectivity index (χ1n) is 8.66. The number of nitrogens with zero attached hydrogens (tertiary/aromatic N) is 2. The van der Waals surface area contributed by atoms with Gasteiger partial charge >= 0.3 is 0 Å². The molecule has 0 bridgehead atoms. The zero-order valence-corrected chi connectivity index (χ0v) is 16.3. The summed E-state index contributed by atoms with van der Waals surface area (Å²) < 4.78 is 19.2. The number of carbonyl (C=O) groups excluding carboxylic acids is 1. The second kappa shape index (κ2) is 8.64. The van der Waals surface area contributed by atoms with E-state index in [0.717, 1.165) is 31.8 Å². The Kier molecular flexibility index (Phi) is 6.27. The van der Waals surface area contributed by atoms with E-state index in [9.17, 15) is 9.18 Å². The largest absolute Gasteiger partial charge is 0.497 e. The lowest BCUT2D eigenvalue weighted by atomic mass is 10.1. The number of rotatable bonds is 5. The van der Waals surface area contributed by atoms with E-state index < -0.39 is 5.82 Å². The van der Waals surface area contributed by atoms with E-state index in [2.05, 4.69) is 33.0 Å². The summed E-state index contributed by atoms with van der Waals surface area (Å²) in [5, 5.41) is 0. The van der Waals surface area contributed by atoms with Crippen molar-refractivity contribution >= 4 is 21.8 Å². The summed E-state index contributed by atoms with van der Waals surface area (Å²) in [5.74, 6) is 0.352. The van der Waals surface area contributed by atoms with Gasteiger partial charge in [-0.1, -0.05) is 12.1 Å². The average molecular weight is 421 g/mol. The number of hydrogen-bond donors (Lipinski definition) is 0. The number of benzene rings is 2. The Balaban J connectivity index is 1.50. The van der Waals surface area contributed by atoms with E-state index >= 15 is 0 Å². The molecular weight excluding hydrogens is 399 g/mol. The molecule has 0 aromatic heterocycles. The first-order chi connectivity index (χ1) is 12.6. The molecule has 2 aromatic rings. The van der Waals surface area contributed by atoms with Crippen LogP contribution >= 0.6 is 15.9 Å². The smallest absolute Gasteiger partial charge is 0.255 e. The molecule has 2 aromatic carbocycles. The first kappa shape index (κ1) is 18.9. The third-order valence-electron chi connectivity index (χ3n) is 4.69. The van der Waals surface area contributed by atoms with Gasteiger partial charge in [0.05, 0.1) is 12.7 Å². The van der Waals surface area contributed by atoms with E-state index in [4.69, 9.17) is 4.74 Å². The second-order valence-electron chi connectivity index (χ2n) is 6.36. The topological polar surface area (TPSA) is 32.8 Å². The highest BCUT2D eigenvalue weighted by Gasteiger charge is 2.23. The second-order valence-corrected chi connectivity index (χ2v) is 7.21. The van der Waals surface area contributed by atoms with Crippen molar-refractivity contribution in [2.45, 2.75) is 6.42 Å². The molecule has 1 saturated heterocycles. The van der Waals surface area contributed by atoms with E-state index in [0.29, 0.717) is 23.1 Å². The summed E-state index contributed by atoms with van der Waals surface area (Å²) >= 11 is 3.34. The number of halogens is 2. The van der Waals surface area contributed by atoms with Crippen LogP contribution in [0.5, 0.6) is 5.75 Å². The molecule has 138 valence electrons. The third kappa shape index (κ3) is 4.62. The van der Waals surface area contributed by atoms with Gasteiger partial charge in [0.1, 0.15) is 11.6 Å². The molecule has 0 atom stereocenters. The Hall–Kier alpha value is -1.92. The van der Waals surface area contributed by atoms with Crippen molar-refractivity contribution < 1.29 is 13.9 Å². The summed E-state index contributed by atoms with van der Waals surface area (Å²) in [4.78, 5) is 16.8. The maximum Gasteiger partial charge on any atom is 0.255 e. The summed E-state index contributed by atoms with van der Waals surface area (Å²) in [6.45, 7) is 3.93. The van der Waals surface area contributed by atoms with Crippen LogP contribution in [-0.4, -0.2) is 55.5 Å². The molecule has 1 aliphatic heterocycles. The van der Waals surface area contributed by atoms with Crippen LogP contribution < -0.4 is 4.74 Å². The summed E-state index contributed by atoms with van der Waals surface area (Å²) in [5.41, 5.74) is 1.66. The number of amides is 1. The zero-order valence-electron chi connectivity index (χ0n) is 14.8. The fraction of sp³-hybridized carbons (Fsp3) is 0.350. The molecule has 1 aliphatic rings. The number of methoxy groups -OCH3 is 1. The molecule has 0 saturated carbocycles. The van der Waals surface area contributed by atoms with Gasteiger partial charge in [0.15, 0.2) is 0 Å². The molecule has 0 spiro atoms. The summed E-state index contributed by atoms with van der Waals surface area (Å²) in [6.07, 6.45) is 0.966. The Morgan fingerprint density at radius 1 is 1.12 bits per heavy atom. The Morgan fingerprint density at radius 2 is 1.81 bits per heavy atom. The van der Waals surface area contributed by atoms with Gasteiger partial charge in [-0.2, -0.15) is 0 Å². The van der Waals surface area contributed by atoms with Gasteiger partial charge in [-0.25, -0.2) is 4.39 Å². The Labute approximate surface area is 161 Å². The van der Waals surface area contributed by atoms with Crippen molar-refractivity contribution in [2.24, 2.45) is 0 Å². The van der Waals surface area contributed by atoms with Crippen molar-refractivity contribution in [2.75, 3.05) is 39.8 Å². The van der Waals surface area contributed by atoms with E-state index in [-0.39, 0.29) is 5.91 Å². The van der Waals surface area contributed by atoms with Crippen molar-refractivity contribution in [1.29, 1.82) is 0 Å². The number of piperazine rings is 1. The maximum atomic E-state index is 13.4. The van der Waals surface area contributed by atoms with Gasteiger partial charge in [0, 0.05) is 37.2 Å². The number of ether oxygens (including phenoxy) is 1. The van der Waals surface area contributed by atoms with Crippen molar-refractivity contribution in [3.63, 3.8) is 0 Å². The minimum Gasteiger partial charge on any atom is -0.497 e. The van der Waals surface area contributed by atoms with Crippen molar-refractivity contribution in [1.82, 2.24) is 9.80 Å². The highest BCUT2D eigenvalue weighted by atomic mass is 79.9. The van der Waals surface area contributed by atoms with Crippen LogP contribution in [0.1, 0.15) is 15.9 Å². The fourth-order valence-electron chi connectivity index (χ4n) is 3.09. The molecule has 6 heteroatoms. The molecule has 0 aliphatic carbocycles. The molecule has 1 amide bonds. The van der Waals surface area contributed by atoms with Gasteiger partial charge < -0.3 is 9.64 Å². The quantitative estimate of drug-likeness (QED) is 0.740. The number of hydrogen-bond acceptors (Lipinski definition) is 3. The lowest BCUT2D eigenvalue weighted by molar-refractivity contribution is 0.0637. The molecule has 4 nitrogen and oxygen atoms in total. The van der Waals surface area contributed by atoms with Crippen LogP contribution in [0.4, 0.5) is 4.39 Å². The molecule has 1 fully saturated rings. The predicted molar refractivity (Wildman–Crippen MR) is 103 cm³/mol. The normalized spacial score (nSPS) is 15.1. The SMILES string of the molecule is COc1ccc(CCN2CCN(C(=O)c3cc(F)ccc3Br)CC2)cc1. The number of carbonyl (C=O) groups is 1. The van der Waals surface area contributed by atoms with Crippen molar-refractivity contribution in [3.8, 4) is 5.75 Å². The minimum absolute atomic E-state index is 0.119. The molecule has 0 N–H and O–H groups in total. The van der Waals surface area contributed by atoms with Gasteiger partial charge in [-0.15, -0.1) is 0 Å². The molecule has 0 unspecified atom stereocenters. The Bertz CT molecular complexity index is 759. The molecule has 26 heavy (non-hydrogen) atoms. The third-order valence-corrected chi connectivity index (χ3v) is 5.39. The molecule has 0 radical (unpaired) electrons. The van der Waals surface area contributed by atoms with Crippen LogP contribution in [0.25, 0.3) is 0 Å². The van der Waals surface area contributed by atoms with Gasteiger partial charge in [0.2, 0.25) is 0 Å². The lowest BCUT2D eigenvalue weighted by Crippen LogP contribution is -2.49. The standard InChI is InChI=1S/C20H22BrFN2O2/c1-26-17-5-2-15(3-6-17)8-9-23-10-12-24(13-11-23)20(25)18-14-16(22)4-7-19(18)21/h2-7,14H,8-13H2,1H3. The highest BCUT2D eigenvalue weighted by Crippen LogP contribution is 2.20. The van der Waals surface area contributed by atoms with Crippen LogP contribution in [-0.2, 0) is 6.42 Å². The van der Waals surface area contributed by atoms with Crippen LogP contribution in [0.3, 0.4) is 0 Å². The molecule has 3 rings (SSSR count). The van der Waals surface area contributed by atoms with Crippen LogP contribution in [0.2, 0.25) is 0 Å². The predicted octanol–water partition coefficient (Wildman–Crippen LogP) is 3.60. The lowest BCUT2D eigenvalue weighted by Gasteiger charge is -2.35. The molecule has 1 heterocycles. The van der Waals surface area contributed by atoms with Gasteiger partial charge in [-0.3, -0.25) is 9.69 Å². The van der Waals surface area contributed by atoms with Gasteiger partial charge in [0.25, 0.3) is 5.91 Å². The van der Waals surface area contributed by atoms with E-state index in [1.54, 1.807) is 18.1 Å². The highest BCUT2D eigenvalue weighted by molar-refractivity contribution is 9.10. The van der Waals surface area contributed by atoms with E-state index in [1.807, 2.05) is 12.1 Å². The fourth-order valence-corrected chi connectivity index (χ4v) is 3.50. The minimum atomic E-state index is -0.394. The first-order valence-corrected chi connectivity index (χ1v) is 9.46. The zero-order chi connectivity index (χ0) is 18.5. The van der Waals surface area contributed by atoms with Crippen molar-refractivity contribution in [3.05, 3.63) is 63.9 Å². The summed E-state index contributed by atoms with van der Waals surface area (Å²) in [6, 6.07) is 12.3. The molecular formula is C20H22BrFN2O2. The monoisotopic (exact) mass is 420 g/mol. The summed E-state index contributed by atoms with van der Waals surface area (Å²) in [7, 11) is 1.66. The maximum absolute atomic E-state index is 13.4. The Morgan fingerprint density at radius 3 is 2.46 bits per heavy atom. The van der Waals surface area contributed by atoms with E-state index in [1.165, 1.54) is 17.7 Å². The van der Waals surface area contributed by atoms with Crippen LogP contribution in [0.15, 0.2) is 46.9 Å². The van der Waals surface area contributed by atoms with Gasteiger partial charge in [-0.05, 0) is 58.2 Å². The van der Waals surface area contributed by atoms with Crippen LogP contribution in [0, 0.1) is 5.82 Å². The average Bonchev–Trinajstić information content (AvgIpc) is 2.68.